The lowest BCUT2D eigenvalue weighted by Crippen LogP contribution is -2.14. The number of nitrogens with one attached hydrogen (secondary N) is 1. The van der Waals surface area contributed by atoms with Crippen LogP contribution < -0.4 is 5.32 Å². The minimum atomic E-state index is -0.378. The Balaban J connectivity index is 1.75. The number of anilines is 1. The van der Waals surface area contributed by atoms with E-state index >= 15 is 0 Å². The van der Waals surface area contributed by atoms with Gasteiger partial charge in [0.2, 0.25) is 0 Å². The molecule has 0 unspecified atom stereocenters. The zero-order valence-corrected chi connectivity index (χ0v) is 14.8. The van der Waals surface area contributed by atoms with Gasteiger partial charge in [-0.25, -0.2) is 0 Å². The van der Waals surface area contributed by atoms with Crippen molar-refractivity contribution in [1.29, 1.82) is 0 Å². The Labute approximate surface area is 152 Å². The number of rotatable bonds is 4. The van der Waals surface area contributed by atoms with Crippen molar-refractivity contribution in [3.05, 3.63) is 63.0 Å². The first-order chi connectivity index (χ1) is 11.4. The van der Waals surface area contributed by atoms with E-state index in [0.717, 1.165) is 5.56 Å². The van der Waals surface area contributed by atoms with E-state index < -0.39 is 0 Å². The third-order valence-corrected chi connectivity index (χ3v) is 4.24. The van der Waals surface area contributed by atoms with Crippen molar-refractivity contribution in [2.24, 2.45) is 7.05 Å². The molecule has 0 aliphatic heterocycles. The van der Waals surface area contributed by atoms with Crippen molar-refractivity contribution in [3.63, 3.8) is 0 Å². The monoisotopic (exact) mass is 383 g/mol. The molecule has 0 aliphatic rings. The summed E-state index contributed by atoms with van der Waals surface area (Å²) in [5, 5.41) is 12.2. The summed E-state index contributed by atoms with van der Waals surface area (Å²) in [4.78, 5) is 12.1. The summed E-state index contributed by atoms with van der Waals surface area (Å²) in [6.45, 7) is 0.441. The van der Waals surface area contributed by atoms with Crippen molar-refractivity contribution in [3.8, 4) is 0 Å². The maximum Gasteiger partial charge on any atom is 0.277 e. The number of hydrogen-bond donors (Lipinski definition) is 1. The molecule has 1 N–H and O–H groups in total. The molecule has 9 heteroatoms. The van der Waals surface area contributed by atoms with Crippen LogP contribution in [0.3, 0.4) is 0 Å². The summed E-state index contributed by atoms with van der Waals surface area (Å²) < 4.78 is 3.15. The highest BCUT2D eigenvalue weighted by Gasteiger charge is 2.14. The van der Waals surface area contributed by atoms with Crippen LogP contribution >= 0.6 is 34.8 Å². The molecule has 124 valence electrons. The van der Waals surface area contributed by atoms with Crippen LogP contribution in [0.5, 0.6) is 0 Å². The topological polar surface area (TPSA) is 64.7 Å². The Kier molecular flexibility index (Phi) is 4.80. The molecule has 0 radical (unpaired) electrons. The molecule has 1 aromatic carbocycles. The molecule has 0 atom stereocenters. The van der Waals surface area contributed by atoms with Gasteiger partial charge in [0.15, 0.2) is 11.5 Å². The van der Waals surface area contributed by atoms with Crippen molar-refractivity contribution < 1.29 is 4.79 Å². The van der Waals surface area contributed by atoms with Gasteiger partial charge < -0.3 is 5.32 Å². The number of carbonyl (C=O) groups excluding carboxylic acids is 1. The second-order valence-corrected chi connectivity index (χ2v) is 6.32. The van der Waals surface area contributed by atoms with Crippen LogP contribution in [0.1, 0.15) is 16.1 Å². The van der Waals surface area contributed by atoms with Gasteiger partial charge in [-0.15, -0.1) is 0 Å². The Hall–Kier alpha value is -2.02. The van der Waals surface area contributed by atoms with Crippen LogP contribution in [-0.2, 0) is 13.6 Å². The molecule has 0 bridgehead atoms. The number of aromatic nitrogens is 4. The molecule has 3 aromatic rings. The molecule has 3 rings (SSSR count). The van der Waals surface area contributed by atoms with Crippen LogP contribution in [0.2, 0.25) is 15.1 Å². The average molecular weight is 385 g/mol. The van der Waals surface area contributed by atoms with E-state index in [1.54, 1.807) is 47.0 Å². The molecule has 0 fully saturated rings. The molecule has 0 saturated carbocycles. The summed E-state index contributed by atoms with van der Waals surface area (Å²) in [5.41, 5.74) is 1.19. The number of benzene rings is 1. The molecular weight excluding hydrogens is 373 g/mol. The molecule has 2 aromatic heterocycles. The van der Waals surface area contributed by atoms with Crippen molar-refractivity contribution in [1.82, 2.24) is 19.6 Å². The number of hydrogen-bond acceptors (Lipinski definition) is 3. The number of halogens is 3. The lowest BCUT2D eigenvalue weighted by molar-refractivity contribution is 0.102. The highest BCUT2D eigenvalue weighted by Crippen LogP contribution is 2.24. The molecule has 0 aliphatic carbocycles. The lowest BCUT2D eigenvalue weighted by atomic mass is 10.2. The molecule has 6 nitrogen and oxygen atoms in total. The van der Waals surface area contributed by atoms with Crippen LogP contribution in [0.15, 0.2) is 36.7 Å². The molecule has 0 saturated heterocycles. The van der Waals surface area contributed by atoms with E-state index in [2.05, 4.69) is 15.5 Å². The largest absolute Gasteiger partial charge is 0.302 e. The van der Waals surface area contributed by atoms with Gasteiger partial charge in [0.05, 0.1) is 16.6 Å². The van der Waals surface area contributed by atoms with Gasteiger partial charge in [0.1, 0.15) is 5.02 Å². The van der Waals surface area contributed by atoms with Gasteiger partial charge >= 0.3 is 0 Å². The minimum Gasteiger partial charge on any atom is -0.302 e. The summed E-state index contributed by atoms with van der Waals surface area (Å²) in [6.07, 6.45) is 3.30. The lowest BCUT2D eigenvalue weighted by Gasteiger charge is -2.04. The van der Waals surface area contributed by atoms with Gasteiger partial charge in [-0.1, -0.05) is 40.9 Å². The Morgan fingerprint density at radius 3 is 2.58 bits per heavy atom. The Morgan fingerprint density at radius 1 is 1.12 bits per heavy atom. The van der Waals surface area contributed by atoms with E-state index in [9.17, 15) is 4.79 Å². The van der Waals surface area contributed by atoms with E-state index in [1.807, 2.05) is 6.07 Å². The third-order valence-electron chi connectivity index (χ3n) is 3.22. The first kappa shape index (κ1) is 16.8. The second-order valence-electron chi connectivity index (χ2n) is 5.10. The maximum absolute atomic E-state index is 12.1. The van der Waals surface area contributed by atoms with Gasteiger partial charge in [0, 0.05) is 19.4 Å². The highest BCUT2D eigenvalue weighted by molar-refractivity contribution is 6.42. The number of carbonyl (C=O) groups is 1. The number of aryl methyl sites for hydroxylation is 1. The summed E-state index contributed by atoms with van der Waals surface area (Å²) in [7, 11) is 1.73. The van der Waals surface area contributed by atoms with Crippen LogP contribution in [-0.4, -0.2) is 25.5 Å². The van der Waals surface area contributed by atoms with Crippen molar-refractivity contribution >= 4 is 46.5 Å². The molecule has 0 spiro atoms. The standard InChI is InChI=1S/C15H12Cl3N5O/c1-22-5-4-13(20-22)15(24)19-14-12(18)8-23(21-14)7-9-2-3-10(16)11(17)6-9/h2-6,8H,7H2,1H3,(H,19,21,24). The van der Waals surface area contributed by atoms with Gasteiger partial charge in [-0.05, 0) is 23.8 Å². The molecular formula is C15H12Cl3N5O. The SMILES string of the molecule is Cn1ccc(C(=O)Nc2nn(Cc3ccc(Cl)c(Cl)c3)cc2Cl)n1. The van der Waals surface area contributed by atoms with E-state index in [1.165, 1.54) is 0 Å². The van der Waals surface area contributed by atoms with Crippen LogP contribution in [0, 0.1) is 0 Å². The number of amides is 1. The molecule has 1 amide bonds. The van der Waals surface area contributed by atoms with Crippen LogP contribution in [0.25, 0.3) is 0 Å². The van der Waals surface area contributed by atoms with Gasteiger partial charge in [-0.3, -0.25) is 14.2 Å². The molecule has 2 heterocycles. The summed E-state index contributed by atoms with van der Waals surface area (Å²) >= 11 is 18.0. The van der Waals surface area contributed by atoms with Crippen molar-refractivity contribution in [2.75, 3.05) is 5.32 Å². The van der Waals surface area contributed by atoms with Crippen molar-refractivity contribution in [2.45, 2.75) is 6.54 Å². The van der Waals surface area contributed by atoms with Crippen LogP contribution in [0.4, 0.5) is 5.82 Å². The predicted octanol–water partition coefficient (Wildman–Crippen LogP) is 3.88. The fourth-order valence-electron chi connectivity index (χ4n) is 2.10. The van der Waals surface area contributed by atoms with E-state index in [0.29, 0.717) is 21.6 Å². The normalized spacial score (nSPS) is 10.8. The molecule has 24 heavy (non-hydrogen) atoms. The van der Waals surface area contributed by atoms with Gasteiger partial charge in [0.25, 0.3) is 5.91 Å². The Bertz CT molecular complexity index is 902. The summed E-state index contributed by atoms with van der Waals surface area (Å²) in [6, 6.07) is 6.92. The quantitative estimate of drug-likeness (QED) is 0.742. The highest BCUT2D eigenvalue weighted by atomic mass is 35.5. The van der Waals surface area contributed by atoms with E-state index in [-0.39, 0.29) is 17.4 Å². The average Bonchev–Trinajstić information content (AvgIpc) is 3.10. The smallest absolute Gasteiger partial charge is 0.277 e. The Morgan fingerprint density at radius 2 is 1.92 bits per heavy atom. The summed E-state index contributed by atoms with van der Waals surface area (Å²) in [5.74, 6) is -0.107. The predicted molar refractivity (Wildman–Crippen MR) is 94.0 cm³/mol. The van der Waals surface area contributed by atoms with E-state index in [4.69, 9.17) is 34.8 Å². The maximum atomic E-state index is 12.1. The minimum absolute atomic E-state index is 0.271. The zero-order chi connectivity index (χ0) is 17.3. The second kappa shape index (κ2) is 6.84. The first-order valence-corrected chi connectivity index (χ1v) is 8.03. The fraction of sp³-hybridized carbons (Fsp3) is 0.133. The zero-order valence-electron chi connectivity index (χ0n) is 12.5. The fourth-order valence-corrected chi connectivity index (χ4v) is 2.61. The first-order valence-electron chi connectivity index (χ1n) is 6.90. The number of nitrogens with zero attached hydrogens (tertiary/aromatic N) is 4. The third kappa shape index (κ3) is 3.72. The van der Waals surface area contributed by atoms with Gasteiger partial charge in [-0.2, -0.15) is 10.2 Å².